The second-order valence-corrected chi connectivity index (χ2v) is 9.21. The van der Waals surface area contributed by atoms with Crippen molar-refractivity contribution < 1.29 is 4.55 Å². The van der Waals surface area contributed by atoms with Crippen LogP contribution in [0.25, 0.3) is 22.4 Å². The van der Waals surface area contributed by atoms with Crippen molar-refractivity contribution in [3.63, 3.8) is 0 Å². The summed E-state index contributed by atoms with van der Waals surface area (Å²) in [6.07, 6.45) is 5.14. The third-order valence-electron chi connectivity index (χ3n) is 4.20. The number of hydrogen-bond acceptors (Lipinski definition) is 7. The number of hydrogen-bond donors (Lipinski definition) is 1. The highest BCUT2D eigenvalue weighted by molar-refractivity contribution is 8.12. The van der Waals surface area contributed by atoms with Gasteiger partial charge in [0.25, 0.3) is 0 Å². The Hall–Kier alpha value is -2.60. The first-order chi connectivity index (χ1) is 14.1. The number of thioether (sulfide) groups is 1. The van der Waals surface area contributed by atoms with Gasteiger partial charge in [0.1, 0.15) is 16.8 Å². The molecule has 0 bridgehead atoms. The zero-order valence-corrected chi connectivity index (χ0v) is 17.7. The van der Waals surface area contributed by atoms with Gasteiger partial charge in [0.05, 0.1) is 11.3 Å². The zero-order chi connectivity index (χ0) is 20.6. The van der Waals surface area contributed by atoms with E-state index in [0.29, 0.717) is 32.7 Å². The van der Waals surface area contributed by atoms with Gasteiger partial charge in [0, 0.05) is 23.5 Å². The molecule has 3 rings (SSSR count). The number of aromatic nitrogens is 3. The van der Waals surface area contributed by atoms with Crippen molar-refractivity contribution in [3.05, 3.63) is 54.4 Å². The van der Waals surface area contributed by atoms with Crippen molar-refractivity contribution in [3.8, 4) is 28.5 Å². The zero-order valence-electron chi connectivity index (χ0n) is 16.0. The molecule has 1 atom stereocenters. The van der Waals surface area contributed by atoms with Crippen LogP contribution in [0.1, 0.15) is 25.3 Å². The molecule has 2 N–H and O–H groups in total. The molecule has 0 aliphatic heterocycles. The summed E-state index contributed by atoms with van der Waals surface area (Å²) in [5.41, 5.74) is 9.12. The topological polar surface area (TPSA) is 112 Å². The molecule has 0 amide bonds. The van der Waals surface area contributed by atoms with Crippen LogP contribution in [0.5, 0.6) is 0 Å². The van der Waals surface area contributed by atoms with Crippen LogP contribution >= 0.6 is 11.8 Å². The summed E-state index contributed by atoms with van der Waals surface area (Å²) in [4.78, 5) is 12.8. The first-order valence-corrected chi connectivity index (χ1v) is 11.7. The van der Waals surface area contributed by atoms with Gasteiger partial charge in [0.15, 0.2) is 5.08 Å². The number of nitrogen functional groups attached to an aromatic ring is 1. The minimum atomic E-state index is -0.964. The lowest BCUT2D eigenvalue weighted by molar-refractivity contribution is 0.596. The van der Waals surface area contributed by atoms with E-state index < -0.39 is 11.2 Å². The van der Waals surface area contributed by atoms with Crippen molar-refractivity contribution >= 4 is 28.9 Å². The average Bonchev–Trinajstić information content (AvgIpc) is 2.76. The molecule has 0 aliphatic carbocycles. The van der Waals surface area contributed by atoms with Gasteiger partial charge in [-0.25, -0.2) is 15.0 Å². The fraction of sp³-hybridized carbons (Fsp3) is 0.238. The maximum Gasteiger partial charge on any atom is 0.219 e. The molecule has 29 heavy (non-hydrogen) atoms. The number of anilines is 1. The molecule has 0 aliphatic rings. The minimum absolute atomic E-state index is 0.187. The summed E-state index contributed by atoms with van der Waals surface area (Å²) in [6.45, 7) is 2.07. The monoisotopic (exact) mass is 423 g/mol. The number of nitrogens with zero attached hydrogens (tertiary/aromatic N) is 4. The lowest BCUT2D eigenvalue weighted by Crippen LogP contribution is -2.09. The summed E-state index contributed by atoms with van der Waals surface area (Å²) in [7, 11) is 0. The van der Waals surface area contributed by atoms with Crippen LogP contribution in [-0.2, 0) is 11.2 Å². The molecule has 0 radical (unpaired) electrons. The molecule has 148 valence electrons. The quantitative estimate of drug-likeness (QED) is 0.425. The highest BCUT2D eigenvalue weighted by Gasteiger charge is 2.18. The van der Waals surface area contributed by atoms with E-state index in [9.17, 15) is 9.81 Å². The summed E-state index contributed by atoms with van der Waals surface area (Å²) in [5, 5.41) is 10.8. The van der Waals surface area contributed by atoms with Gasteiger partial charge in [0.2, 0.25) is 5.95 Å². The highest BCUT2D eigenvalue weighted by atomic mass is 32.3. The van der Waals surface area contributed by atoms with Gasteiger partial charge in [-0.2, -0.15) is 5.26 Å². The Morgan fingerprint density at radius 2 is 1.90 bits per heavy atom. The maximum absolute atomic E-state index is 12.3. The summed E-state index contributed by atoms with van der Waals surface area (Å²) in [5.74, 6) is 0.842. The van der Waals surface area contributed by atoms with Crippen LogP contribution in [-0.4, -0.2) is 30.3 Å². The third kappa shape index (κ3) is 5.48. The van der Waals surface area contributed by atoms with Crippen LogP contribution in [0.4, 0.5) is 5.95 Å². The van der Waals surface area contributed by atoms with Crippen molar-refractivity contribution in [1.29, 1.82) is 5.26 Å². The van der Waals surface area contributed by atoms with E-state index in [0.717, 1.165) is 24.0 Å². The molecule has 0 saturated heterocycles. The predicted molar refractivity (Wildman–Crippen MR) is 118 cm³/mol. The van der Waals surface area contributed by atoms with E-state index in [1.165, 1.54) is 11.8 Å². The van der Waals surface area contributed by atoms with E-state index in [1.54, 1.807) is 12.4 Å². The number of benzene rings is 1. The molecule has 2 aromatic heterocycles. The Kier molecular flexibility index (Phi) is 7.47. The lowest BCUT2D eigenvalue weighted by Gasteiger charge is -2.14. The normalized spacial score (nSPS) is 11.8. The molecule has 0 fully saturated rings. The van der Waals surface area contributed by atoms with Gasteiger partial charge in [-0.05, 0) is 29.2 Å². The SMILES string of the molecule is CCCC[S+]([O-])CSc1nc(-c2cnc(N)nc2)cc(-c2ccccc2)c1C#N. The molecule has 0 saturated carbocycles. The van der Waals surface area contributed by atoms with E-state index >= 15 is 0 Å². The molecule has 3 aromatic rings. The third-order valence-corrected chi connectivity index (χ3v) is 7.04. The van der Waals surface area contributed by atoms with Gasteiger partial charge < -0.3 is 10.3 Å². The summed E-state index contributed by atoms with van der Waals surface area (Å²) in [6, 6.07) is 13.8. The Labute approximate surface area is 177 Å². The lowest BCUT2D eigenvalue weighted by atomic mass is 10.00. The smallest absolute Gasteiger partial charge is 0.219 e. The fourth-order valence-corrected chi connectivity index (χ4v) is 5.20. The highest BCUT2D eigenvalue weighted by Crippen LogP contribution is 2.34. The largest absolute Gasteiger partial charge is 0.616 e. The number of nitriles is 1. The molecule has 2 heterocycles. The fourth-order valence-electron chi connectivity index (χ4n) is 2.68. The number of pyridine rings is 1. The van der Waals surface area contributed by atoms with Crippen LogP contribution in [0.3, 0.4) is 0 Å². The van der Waals surface area contributed by atoms with Gasteiger partial charge in [-0.15, -0.1) is 0 Å². The second kappa shape index (κ2) is 10.3. The maximum atomic E-state index is 12.3. The first-order valence-electron chi connectivity index (χ1n) is 9.18. The van der Waals surface area contributed by atoms with Crippen LogP contribution < -0.4 is 5.73 Å². The van der Waals surface area contributed by atoms with Crippen molar-refractivity contribution in [2.75, 3.05) is 16.6 Å². The predicted octanol–water partition coefficient (Wildman–Crippen LogP) is 4.26. The molecular weight excluding hydrogens is 402 g/mol. The number of rotatable bonds is 8. The van der Waals surface area contributed by atoms with Crippen LogP contribution in [0.15, 0.2) is 53.8 Å². The van der Waals surface area contributed by atoms with E-state index in [2.05, 4.69) is 27.9 Å². The van der Waals surface area contributed by atoms with Crippen molar-refractivity contribution in [2.45, 2.75) is 24.8 Å². The molecular formula is C21H21N5OS2. The molecule has 1 aromatic carbocycles. The minimum Gasteiger partial charge on any atom is -0.616 e. The Morgan fingerprint density at radius 1 is 1.17 bits per heavy atom. The number of unbranched alkanes of at least 4 members (excludes halogenated alkanes) is 1. The molecule has 0 spiro atoms. The molecule has 6 nitrogen and oxygen atoms in total. The van der Waals surface area contributed by atoms with Crippen LogP contribution in [0.2, 0.25) is 0 Å². The first kappa shape index (κ1) is 21.1. The van der Waals surface area contributed by atoms with Crippen LogP contribution in [0, 0.1) is 11.3 Å². The van der Waals surface area contributed by atoms with E-state index in [1.807, 2.05) is 36.4 Å². The molecule has 1 unspecified atom stereocenters. The standard InChI is InChI=1S/C21H21N5OS2/c1-2-3-9-29(27)14-28-20-18(11-22)17(15-7-5-4-6-8-15)10-19(26-20)16-12-24-21(23)25-13-16/h4-8,10,12-13H,2-3,9,14H2,1H3,(H2,23,24,25). The number of nitrogens with two attached hydrogens (primary N) is 1. The molecule has 8 heteroatoms. The van der Waals surface area contributed by atoms with E-state index in [4.69, 9.17) is 5.73 Å². The van der Waals surface area contributed by atoms with Gasteiger partial charge in [-0.1, -0.05) is 55.4 Å². The Balaban J connectivity index is 2.04. The Morgan fingerprint density at radius 3 is 2.55 bits per heavy atom. The Bertz CT molecular complexity index is 990. The average molecular weight is 424 g/mol. The van der Waals surface area contributed by atoms with Crippen molar-refractivity contribution in [2.24, 2.45) is 0 Å². The van der Waals surface area contributed by atoms with Gasteiger partial charge >= 0.3 is 0 Å². The summed E-state index contributed by atoms with van der Waals surface area (Å²) < 4.78 is 12.3. The van der Waals surface area contributed by atoms with Crippen molar-refractivity contribution in [1.82, 2.24) is 15.0 Å². The van der Waals surface area contributed by atoms with E-state index in [-0.39, 0.29) is 5.95 Å². The van der Waals surface area contributed by atoms with Gasteiger partial charge in [-0.3, -0.25) is 0 Å². The second-order valence-electron chi connectivity index (χ2n) is 6.30. The summed E-state index contributed by atoms with van der Waals surface area (Å²) >= 11 is 0.388.